The molecule has 0 aliphatic rings. The topological polar surface area (TPSA) is 48.4 Å². The maximum Gasteiger partial charge on any atom is 0.124 e. The van der Waals surface area contributed by atoms with Crippen molar-refractivity contribution in [1.82, 2.24) is 0 Å². The third-order valence-corrected chi connectivity index (χ3v) is 3.44. The normalized spacial score (nSPS) is 12.5. The van der Waals surface area contributed by atoms with Crippen LogP contribution in [0.3, 0.4) is 0 Å². The SMILES string of the molecule is COc1cc(C)cc(C)c1C(N)c1cc(C)oc1C. The predicted octanol–water partition coefficient (Wildman–Crippen LogP) is 3.57. The molecule has 1 atom stereocenters. The van der Waals surface area contributed by atoms with Gasteiger partial charge in [0.05, 0.1) is 13.2 Å². The van der Waals surface area contributed by atoms with Crippen LogP contribution >= 0.6 is 0 Å². The summed E-state index contributed by atoms with van der Waals surface area (Å²) in [6, 6.07) is 5.91. The minimum Gasteiger partial charge on any atom is -0.496 e. The Morgan fingerprint density at radius 2 is 1.79 bits per heavy atom. The first-order valence-electron chi connectivity index (χ1n) is 6.41. The Balaban J connectivity index is 2.55. The number of ether oxygens (including phenoxy) is 1. The number of aryl methyl sites for hydroxylation is 4. The monoisotopic (exact) mass is 259 g/mol. The van der Waals surface area contributed by atoms with Gasteiger partial charge in [-0.3, -0.25) is 0 Å². The van der Waals surface area contributed by atoms with Crippen molar-refractivity contribution >= 4 is 0 Å². The summed E-state index contributed by atoms with van der Waals surface area (Å²) in [5, 5.41) is 0. The van der Waals surface area contributed by atoms with E-state index in [1.54, 1.807) is 7.11 Å². The van der Waals surface area contributed by atoms with Crippen molar-refractivity contribution in [3.05, 3.63) is 52.0 Å². The summed E-state index contributed by atoms with van der Waals surface area (Å²) in [5.41, 5.74) is 10.8. The van der Waals surface area contributed by atoms with Gasteiger partial charge in [-0.15, -0.1) is 0 Å². The van der Waals surface area contributed by atoms with Crippen LogP contribution in [0.1, 0.15) is 39.8 Å². The first-order chi connectivity index (χ1) is 8.93. The van der Waals surface area contributed by atoms with E-state index in [9.17, 15) is 0 Å². The minimum absolute atomic E-state index is 0.229. The molecule has 102 valence electrons. The molecule has 2 N–H and O–H groups in total. The first kappa shape index (κ1) is 13.7. The second kappa shape index (κ2) is 5.10. The van der Waals surface area contributed by atoms with Crippen molar-refractivity contribution in [2.45, 2.75) is 33.7 Å². The van der Waals surface area contributed by atoms with Gasteiger partial charge in [0.25, 0.3) is 0 Å². The highest BCUT2D eigenvalue weighted by Gasteiger charge is 2.20. The van der Waals surface area contributed by atoms with E-state index >= 15 is 0 Å². The van der Waals surface area contributed by atoms with E-state index in [4.69, 9.17) is 14.9 Å². The molecule has 0 saturated carbocycles. The zero-order valence-corrected chi connectivity index (χ0v) is 12.2. The van der Waals surface area contributed by atoms with Crippen molar-refractivity contribution in [3.8, 4) is 5.75 Å². The molecule has 1 heterocycles. The zero-order valence-electron chi connectivity index (χ0n) is 12.2. The van der Waals surface area contributed by atoms with E-state index < -0.39 is 0 Å². The Kier molecular flexibility index (Phi) is 3.67. The maximum absolute atomic E-state index is 6.42. The quantitative estimate of drug-likeness (QED) is 0.916. The molecule has 2 aromatic rings. The molecule has 0 spiro atoms. The highest BCUT2D eigenvalue weighted by Crippen LogP contribution is 2.34. The van der Waals surface area contributed by atoms with Gasteiger partial charge < -0.3 is 14.9 Å². The molecule has 3 nitrogen and oxygen atoms in total. The molecule has 19 heavy (non-hydrogen) atoms. The summed E-state index contributed by atoms with van der Waals surface area (Å²) in [7, 11) is 1.68. The number of benzene rings is 1. The Labute approximate surface area is 114 Å². The van der Waals surface area contributed by atoms with Crippen LogP contribution in [0.15, 0.2) is 22.6 Å². The van der Waals surface area contributed by atoms with Crippen molar-refractivity contribution in [2.75, 3.05) is 7.11 Å². The first-order valence-corrected chi connectivity index (χ1v) is 6.41. The van der Waals surface area contributed by atoms with E-state index in [1.807, 2.05) is 26.0 Å². The van der Waals surface area contributed by atoms with Crippen LogP contribution < -0.4 is 10.5 Å². The molecule has 1 aromatic carbocycles. The lowest BCUT2D eigenvalue weighted by Crippen LogP contribution is -2.15. The lowest BCUT2D eigenvalue weighted by molar-refractivity contribution is 0.406. The Morgan fingerprint density at radius 1 is 1.11 bits per heavy atom. The fourth-order valence-electron chi connectivity index (χ4n) is 2.62. The summed E-state index contributed by atoms with van der Waals surface area (Å²) in [6.07, 6.45) is 0. The molecule has 2 rings (SSSR count). The van der Waals surface area contributed by atoms with Gasteiger partial charge in [-0.1, -0.05) is 6.07 Å². The highest BCUT2D eigenvalue weighted by atomic mass is 16.5. The van der Waals surface area contributed by atoms with Gasteiger partial charge in [0.2, 0.25) is 0 Å². The van der Waals surface area contributed by atoms with Crippen LogP contribution in [0.2, 0.25) is 0 Å². The molecule has 0 aliphatic carbocycles. The van der Waals surface area contributed by atoms with Crippen LogP contribution in [-0.2, 0) is 0 Å². The summed E-state index contributed by atoms with van der Waals surface area (Å²) in [4.78, 5) is 0. The van der Waals surface area contributed by atoms with Gasteiger partial charge in [0, 0.05) is 11.1 Å². The summed E-state index contributed by atoms with van der Waals surface area (Å²) < 4.78 is 11.1. The number of nitrogens with two attached hydrogens (primary N) is 1. The van der Waals surface area contributed by atoms with Gasteiger partial charge >= 0.3 is 0 Å². The second-order valence-electron chi connectivity index (χ2n) is 5.04. The third-order valence-electron chi connectivity index (χ3n) is 3.44. The Hall–Kier alpha value is -1.74. The van der Waals surface area contributed by atoms with Crippen LogP contribution in [0.4, 0.5) is 0 Å². The van der Waals surface area contributed by atoms with E-state index in [2.05, 4.69) is 19.9 Å². The molecular weight excluding hydrogens is 238 g/mol. The number of hydrogen-bond donors (Lipinski definition) is 1. The van der Waals surface area contributed by atoms with E-state index in [-0.39, 0.29) is 6.04 Å². The number of methoxy groups -OCH3 is 1. The standard InChI is InChI=1S/C16H21NO2/c1-9-6-10(2)15(14(7-9)18-5)16(17)13-8-11(3)19-12(13)4/h6-8,16H,17H2,1-5H3. The van der Waals surface area contributed by atoms with Crippen molar-refractivity contribution < 1.29 is 9.15 Å². The predicted molar refractivity (Wildman–Crippen MR) is 76.7 cm³/mol. The lowest BCUT2D eigenvalue weighted by atomic mass is 9.93. The largest absolute Gasteiger partial charge is 0.496 e. The summed E-state index contributed by atoms with van der Waals surface area (Å²) in [5.74, 6) is 2.59. The molecule has 0 saturated heterocycles. The number of hydrogen-bond acceptors (Lipinski definition) is 3. The third kappa shape index (κ3) is 2.51. The molecular formula is C16H21NO2. The molecule has 1 unspecified atom stereocenters. The van der Waals surface area contributed by atoms with Gasteiger partial charge in [-0.25, -0.2) is 0 Å². The van der Waals surface area contributed by atoms with Gasteiger partial charge in [-0.05, 0) is 51.0 Å². The Morgan fingerprint density at radius 3 is 2.32 bits per heavy atom. The molecule has 3 heteroatoms. The minimum atomic E-state index is -0.229. The molecule has 0 bridgehead atoms. The highest BCUT2D eigenvalue weighted by molar-refractivity contribution is 5.49. The maximum atomic E-state index is 6.42. The molecule has 0 aliphatic heterocycles. The fourth-order valence-corrected chi connectivity index (χ4v) is 2.62. The van der Waals surface area contributed by atoms with Crippen molar-refractivity contribution in [2.24, 2.45) is 5.73 Å². The van der Waals surface area contributed by atoms with Gasteiger partial charge in [0.15, 0.2) is 0 Å². The molecule has 1 aromatic heterocycles. The van der Waals surface area contributed by atoms with Crippen LogP contribution in [0.25, 0.3) is 0 Å². The Bertz CT molecular complexity index is 599. The van der Waals surface area contributed by atoms with E-state index in [0.29, 0.717) is 0 Å². The average Bonchev–Trinajstić information content (AvgIpc) is 2.66. The number of furan rings is 1. The van der Waals surface area contributed by atoms with Crippen LogP contribution in [0, 0.1) is 27.7 Å². The summed E-state index contributed by atoms with van der Waals surface area (Å²) >= 11 is 0. The van der Waals surface area contributed by atoms with Gasteiger partial charge in [0.1, 0.15) is 17.3 Å². The zero-order chi connectivity index (χ0) is 14.2. The molecule has 0 radical (unpaired) electrons. The van der Waals surface area contributed by atoms with Gasteiger partial charge in [-0.2, -0.15) is 0 Å². The van der Waals surface area contributed by atoms with Crippen molar-refractivity contribution in [3.63, 3.8) is 0 Å². The fraction of sp³-hybridized carbons (Fsp3) is 0.375. The average molecular weight is 259 g/mol. The van der Waals surface area contributed by atoms with Crippen LogP contribution in [0.5, 0.6) is 5.75 Å². The van der Waals surface area contributed by atoms with E-state index in [0.717, 1.165) is 34.0 Å². The molecule has 0 amide bonds. The van der Waals surface area contributed by atoms with Crippen LogP contribution in [-0.4, -0.2) is 7.11 Å². The summed E-state index contributed by atoms with van der Waals surface area (Å²) in [6.45, 7) is 7.99. The van der Waals surface area contributed by atoms with E-state index in [1.165, 1.54) is 5.56 Å². The smallest absolute Gasteiger partial charge is 0.124 e. The second-order valence-corrected chi connectivity index (χ2v) is 5.04. The molecule has 0 fully saturated rings. The lowest BCUT2D eigenvalue weighted by Gasteiger charge is -2.18. The number of rotatable bonds is 3. The van der Waals surface area contributed by atoms with Crippen molar-refractivity contribution in [1.29, 1.82) is 0 Å².